The zero-order valence-electron chi connectivity index (χ0n) is 7.38. The number of fused-ring (bicyclic) bond motifs is 1. The lowest BCUT2D eigenvalue weighted by Crippen LogP contribution is -2.19. The van der Waals surface area contributed by atoms with Gasteiger partial charge in [-0.3, -0.25) is 4.99 Å². The number of thioether (sulfide) groups is 1. The van der Waals surface area contributed by atoms with Gasteiger partial charge in [-0.15, -0.1) is 11.8 Å². The molecule has 3 nitrogen and oxygen atoms in total. The Hall–Kier alpha value is -1.29. The van der Waals surface area contributed by atoms with E-state index in [1.54, 1.807) is 18.0 Å². The van der Waals surface area contributed by atoms with Crippen LogP contribution < -0.4 is 0 Å². The number of carboxylic acids is 1. The third-order valence-electron chi connectivity index (χ3n) is 1.99. The number of hydrogen-bond acceptors (Lipinski definition) is 3. The van der Waals surface area contributed by atoms with Gasteiger partial charge in [-0.05, 0) is 6.07 Å². The van der Waals surface area contributed by atoms with Gasteiger partial charge in [0.25, 0.3) is 0 Å². The number of carbonyl (C=O) groups is 1. The molecule has 14 heavy (non-hydrogen) atoms. The highest BCUT2D eigenvalue weighted by molar-refractivity contribution is 7.99. The minimum atomic E-state index is -0.860. The summed E-state index contributed by atoms with van der Waals surface area (Å²) in [5.74, 6) is -0.357. The minimum Gasteiger partial charge on any atom is -0.480 e. The molecule has 72 valence electrons. The van der Waals surface area contributed by atoms with Crippen molar-refractivity contribution in [1.82, 2.24) is 0 Å². The monoisotopic (exact) mass is 207 g/mol. The van der Waals surface area contributed by atoms with Gasteiger partial charge in [0.15, 0.2) is 6.04 Å². The molecule has 0 aromatic heterocycles. The molecule has 1 aromatic rings. The van der Waals surface area contributed by atoms with Gasteiger partial charge in [0.2, 0.25) is 0 Å². The van der Waals surface area contributed by atoms with Crippen LogP contribution in [0.2, 0.25) is 0 Å². The Bertz CT molecular complexity index is 389. The van der Waals surface area contributed by atoms with Gasteiger partial charge in [-0.1, -0.05) is 18.2 Å². The maximum atomic E-state index is 10.7. The van der Waals surface area contributed by atoms with Crippen LogP contribution in [0.3, 0.4) is 0 Å². The van der Waals surface area contributed by atoms with E-state index >= 15 is 0 Å². The van der Waals surface area contributed by atoms with Crippen LogP contribution in [0.1, 0.15) is 5.56 Å². The predicted octanol–water partition coefficient (Wildman–Crippen LogP) is 1.66. The van der Waals surface area contributed by atoms with Gasteiger partial charge >= 0.3 is 5.97 Å². The Morgan fingerprint density at radius 2 is 2.29 bits per heavy atom. The van der Waals surface area contributed by atoms with Crippen LogP contribution >= 0.6 is 11.8 Å². The van der Waals surface area contributed by atoms with Crippen molar-refractivity contribution in [3.63, 3.8) is 0 Å². The highest BCUT2D eigenvalue weighted by Gasteiger charge is 2.18. The molecule has 0 bridgehead atoms. The van der Waals surface area contributed by atoms with E-state index in [0.29, 0.717) is 5.75 Å². The fourth-order valence-electron chi connectivity index (χ4n) is 1.24. The predicted molar refractivity (Wildman–Crippen MR) is 56.2 cm³/mol. The average molecular weight is 207 g/mol. The first-order chi connectivity index (χ1) is 6.77. The van der Waals surface area contributed by atoms with Gasteiger partial charge in [0.1, 0.15) is 0 Å². The molecule has 1 N–H and O–H groups in total. The molecule has 0 radical (unpaired) electrons. The number of rotatable bonds is 1. The van der Waals surface area contributed by atoms with E-state index in [2.05, 4.69) is 4.99 Å². The van der Waals surface area contributed by atoms with Crippen molar-refractivity contribution in [3.05, 3.63) is 29.8 Å². The van der Waals surface area contributed by atoms with Crippen molar-refractivity contribution in [1.29, 1.82) is 0 Å². The molecule has 1 heterocycles. The van der Waals surface area contributed by atoms with Crippen LogP contribution in [0, 0.1) is 0 Å². The van der Waals surface area contributed by atoms with Crippen LogP contribution in [0.4, 0.5) is 0 Å². The second kappa shape index (κ2) is 3.84. The van der Waals surface area contributed by atoms with Gasteiger partial charge in [0, 0.05) is 22.4 Å². The van der Waals surface area contributed by atoms with Gasteiger partial charge in [-0.25, -0.2) is 4.79 Å². The van der Waals surface area contributed by atoms with E-state index in [0.717, 1.165) is 10.5 Å². The molecule has 1 aromatic carbocycles. The van der Waals surface area contributed by atoms with Crippen LogP contribution in [-0.4, -0.2) is 29.1 Å². The van der Waals surface area contributed by atoms with E-state index in [4.69, 9.17) is 5.11 Å². The molecule has 2 rings (SSSR count). The third-order valence-corrected chi connectivity index (χ3v) is 3.16. The highest BCUT2D eigenvalue weighted by Crippen LogP contribution is 2.25. The Morgan fingerprint density at radius 1 is 1.50 bits per heavy atom. The molecular formula is C10H9NO2S. The van der Waals surface area contributed by atoms with E-state index < -0.39 is 12.0 Å². The first-order valence-corrected chi connectivity index (χ1v) is 5.24. The number of aliphatic imine (C=N–C) groups is 1. The van der Waals surface area contributed by atoms with E-state index in [-0.39, 0.29) is 0 Å². The van der Waals surface area contributed by atoms with Crippen molar-refractivity contribution < 1.29 is 9.90 Å². The third kappa shape index (κ3) is 1.80. The summed E-state index contributed by atoms with van der Waals surface area (Å²) in [6, 6.07) is 7.17. The molecule has 1 atom stereocenters. The number of hydrogen-bond donors (Lipinski definition) is 1. The normalized spacial score (nSPS) is 19.9. The second-order valence-corrected chi connectivity index (χ2v) is 4.04. The number of carboxylic acid groups (broad SMARTS) is 1. The fraction of sp³-hybridized carbons (Fsp3) is 0.200. The van der Waals surface area contributed by atoms with Crippen LogP contribution in [0.5, 0.6) is 0 Å². The van der Waals surface area contributed by atoms with E-state index in [9.17, 15) is 4.79 Å². The Kier molecular flexibility index (Phi) is 2.54. The van der Waals surface area contributed by atoms with Crippen molar-refractivity contribution in [2.75, 3.05) is 5.75 Å². The SMILES string of the molecule is O=C(O)[C@@H]1CSc2ccccc2C=N1. The van der Waals surface area contributed by atoms with Crippen LogP contribution in [0.15, 0.2) is 34.2 Å². The molecule has 1 aliphatic rings. The summed E-state index contributed by atoms with van der Waals surface area (Å²) in [7, 11) is 0. The lowest BCUT2D eigenvalue weighted by Gasteiger charge is -2.03. The summed E-state index contributed by atoms with van der Waals surface area (Å²) in [5, 5.41) is 8.82. The molecule has 4 heteroatoms. The maximum absolute atomic E-state index is 10.7. The Labute approximate surface area is 85.9 Å². The molecule has 0 amide bonds. The summed E-state index contributed by atoms with van der Waals surface area (Å²) >= 11 is 1.54. The number of nitrogens with zero attached hydrogens (tertiary/aromatic N) is 1. The molecule has 0 fully saturated rings. The largest absolute Gasteiger partial charge is 0.480 e. The molecule has 0 saturated carbocycles. The first-order valence-electron chi connectivity index (χ1n) is 4.25. The van der Waals surface area contributed by atoms with Crippen molar-refractivity contribution in [2.24, 2.45) is 4.99 Å². The summed E-state index contributed by atoms with van der Waals surface area (Å²) in [4.78, 5) is 15.8. The molecular weight excluding hydrogens is 198 g/mol. The summed E-state index contributed by atoms with van der Waals surface area (Å²) < 4.78 is 0. The smallest absolute Gasteiger partial charge is 0.329 e. The first kappa shape index (κ1) is 9.27. The fourth-order valence-corrected chi connectivity index (χ4v) is 2.26. The van der Waals surface area contributed by atoms with Crippen molar-refractivity contribution in [2.45, 2.75) is 10.9 Å². The van der Waals surface area contributed by atoms with Gasteiger partial charge in [-0.2, -0.15) is 0 Å². The summed E-state index contributed by atoms with van der Waals surface area (Å²) in [6.45, 7) is 0. The average Bonchev–Trinajstić information content (AvgIpc) is 2.39. The zero-order chi connectivity index (χ0) is 9.97. The highest BCUT2D eigenvalue weighted by atomic mass is 32.2. The van der Waals surface area contributed by atoms with Crippen molar-refractivity contribution in [3.8, 4) is 0 Å². The topological polar surface area (TPSA) is 49.7 Å². The minimum absolute atomic E-state index is 0.503. The molecule has 0 saturated heterocycles. The number of aliphatic carboxylic acids is 1. The Morgan fingerprint density at radius 3 is 3.07 bits per heavy atom. The van der Waals surface area contributed by atoms with Crippen LogP contribution in [0.25, 0.3) is 0 Å². The van der Waals surface area contributed by atoms with Gasteiger partial charge < -0.3 is 5.11 Å². The van der Waals surface area contributed by atoms with E-state index in [1.807, 2.05) is 24.3 Å². The molecule has 0 unspecified atom stereocenters. The number of benzene rings is 1. The Balaban J connectivity index is 2.29. The molecule has 1 aliphatic heterocycles. The summed E-state index contributed by atoms with van der Waals surface area (Å²) in [6.07, 6.45) is 1.65. The van der Waals surface area contributed by atoms with E-state index in [1.165, 1.54) is 0 Å². The quantitative estimate of drug-likeness (QED) is 0.762. The molecule has 0 spiro atoms. The zero-order valence-corrected chi connectivity index (χ0v) is 8.20. The van der Waals surface area contributed by atoms with Gasteiger partial charge in [0.05, 0.1) is 0 Å². The lowest BCUT2D eigenvalue weighted by molar-refractivity contribution is -0.137. The second-order valence-electron chi connectivity index (χ2n) is 2.98. The molecule has 0 aliphatic carbocycles. The maximum Gasteiger partial charge on any atom is 0.329 e. The van der Waals surface area contributed by atoms with Crippen LogP contribution in [-0.2, 0) is 4.79 Å². The van der Waals surface area contributed by atoms with Crippen molar-refractivity contribution >= 4 is 23.9 Å². The standard InChI is InChI=1S/C10H9NO2S/c12-10(13)8-6-14-9-4-2-1-3-7(9)5-11-8/h1-5,8H,6H2,(H,12,13)/t8-/m0/s1. The summed E-state index contributed by atoms with van der Waals surface area (Å²) in [5.41, 5.74) is 1.00. The lowest BCUT2D eigenvalue weighted by atomic mass is 10.2.